The molecule has 0 spiro atoms. The number of hydrogen-bond donors (Lipinski definition) is 2. The van der Waals surface area contributed by atoms with Crippen molar-refractivity contribution in [1.29, 1.82) is 0 Å². The predicted octanol–water partition coefficient (Wildman–Crippen LogP) is 2.57. The van der Waals surface area contributed by atoms with E-state index in [0.717, 1.165) is 12.8 Å². The van der Waals surface area contributed by atoms with Gasteiger partial charge in [-0.15, -0.1) is 0 Å². The monoisotopic (exact) mass is 377 g/mol. The summed E-state index contributed by atoms with van der Waals surface area (Å²) >= 11 is 0. The minimum absolute atomic E-state index is 0.0110. The van der Waals surface area contributed by atoms with Gasteiger partial charge in [0, 0.05) is 24.8 Å². The molecule has 7 nitrogen and oxygen atoms in total. The summed E-state index contributed by atoms with van der Waals surface area (Å²) in [4.78, 5) is 42.4. The lowest BCUT2D eigenvalue weighted by atomic mass is 9.96. The fraction of sp³-hybridized carbons (Fsp3) is 0.650. The molecule has 1 fully saturated rings. The van der Waals surface area contributed by atoms with Gasteiger partial charge in [-0.2, -0.15) is 0 Å². The van der Waals surface area contributed by atoms with Crippen LogP contribution in [0.5, 0.6) is 0 Å². The molecule has 0 aliphatic carbocycles. The Morgan fingerprint density at radius 3 is 2.44 bits per heavy atom. The molecule has 1 aromatic heterocycles. The van der Waals surface area contributed by atoms with Crippen molar-refractivity contribution >= 4 is 17.8 Å². The summed E-state index contributed by atoms with van der Waals surface area (Å²) in [6.45, 7) is 11.9. The molecule has 0 radical (unpaired) electrons. The van der Waals surface area contributed by atoms with Crippen molar-refractivity contribution in [3.63, 3.8) is 0 Å². The molecule has 1 atom stereocenters. The lowest BCUT2D eigenvalue weighted by molar-refractivity contribution is -0.126. The number of H-pyrrole nitrogens is 1. The van der Waals surface area contributed by atoms with E-state index in [0.29, 0.717) is 35.6 Å². The molecule has 1 unspecified atom stereocenters. The molecule has 0 aromatic carbocycles. The van der Waals surface area contributed by atoms with Gasteiger partial charge in [0.25, 0.3) is 5.91 Å². The van der Waals surface area contributed by atoms with Gasteiger partial charge in [0.2, 0.25) is 5.91 Å². The molecule has 1 aliphatic rings. The number of rotatable bonds is 5. The Balaban J connectivity index is 2.18. The highest BCUT2D eigenvalue weighted by molar-refractivity contribution is 6.00. The molecule has 1 aromatic rings. The van der Waals surface area contributed by atoms with Crippen molar-refractivity contribution in [2.45, 2.75) is 66.5 Å². The van der Waals surface area contributed by atoms with Crippen molar-refractivity contribution in [2.75, 3.05) is 13.1 Å². The molecule has 2 amide bonds. The van der Waals surface area contributed by atoms with Crippen LogP contribution in [-0.4, -0.2) is 52.9 Å². The highest BCUT2D eigenvalue weighted by Crippen LogP contribution is 2.24. The van der Waals surface area contributed by atoms with Crippen LogP contribution in [0.25, 0.3) is 0 Å². The second kappa shape index (κ2) is 8.59. The van der Waals surface area contributed by atoms with Gasteiger partial charge in [-0.25, -0.2) is 4.79 Å². The van der Waals surface area contributed by atoms with Crippen molar-refractivity contribution in [3.05, 3.63) is 22.5 Å². The van der Waals surface area contributed by atoms with Gasteiger partial charge < -0.3 is 19.9 Å². The number of nitrogens with one attached hydrogen (secondary N) is 2. The van der Waals surface area contributed by atoms with E-state index in [-0.39, 0.29) is 29.9 Å². The van der Waals surface area contributed by atoms with Crippen LogP contribution in [0.3, 0.4) is 0 Å². The Hall–Kier alpha value is -2.31. The smallest absolute Gasteiger partial charge is 0.340 e. The molecule has 2 N–H and O–H groups in total. The van der Waals surface area contributed by atoms with Crippen molar-refractivity contribution < 1.29 is 19.1 Å². The van der Waals surface area contributed by atoms with Crippen LogP contribution in [0.4, 0.5) is 0 Å². The SMILES string of the molecule is Cc1[nH]c(C(=O)N2CCCC(C(=O)NC(C)C)C2)c(C)c1C(=O)OC(C)C. The van der Waals surface area contributed by atoms with Crippen molar-refractivity contribution in [3.8, 4) is 0 Å². The first-order valence-electron chi connectivity index (χ1n) is 9.61. The topological polar surface area (TPSA) is 91.5 Å². The maximum atomic E-state index is 13.0. The van der Waals surface area contributed by atoms with Crippen LogP contribution in [0, 0.1) is 19.8 Å². The summed E-state index contributed by atoms with van der Waals surface area (Å²) in [5.74, 6) is -0.820. The molecule has 2 heterocycles. The number of nitrogens with zero attached hydrogens (tertiary/aromatic N) is 1. The third kappa shape index (κ3) is 4.90. The average Bonchev–Trinajstić information content (AvgIpc) is 2.87. The number of carbonyl (C=O) groups excluding carboxylic acids is 3. The third-order valence-electron chi connectivity index (χ3n) is 4.71. The largest absolute Gasteiger partial charge is 0.459 e. The Labute approximate surface area is 160 Å². The van der Waals surface area contributed by atoms with E-state index in [1.54, 1.807) is 32.6 Å². The van der Waals surface area contributed by atoms with Crippen LogP contribution in [0.2, 0.25) is 0 Å². The molecule has 0 bridgehead atoms. The number of hydrogen-bond acceptors (Lipinski definition) is 4. The Kier molecular flexibility index (Phi) is 6.68. The van der Waals surface area contributed by atoms with Gasteiger partial charge in [0.15, 0.2) is 0 Å². The Bertz CT molecular complexity index is 721. The van der Waals surface area contributed by atoms with Gasteiger partial charge in [0.1, 0.15) is 5.69 Å². The fourth-order valence-corrected chi connectivity index (χ4v) is 3.48. The molecule has 7 heteroatoms. The molecule has 150 valence electrons. The highest BCUT2D eigenvalue weighted by Gasteiger charge is 2.32. The standard InChI is InChI=1S/C20H31N3O4/c1-11(2)21-18(24)15-8-7-9-23(10-15)19(25)17-13(5)16(14(6)22-17)20(26)27-12(3)4/h11-12,15,22H,7-10H2,1-6H3,(H,21,24). The third-order valence-corrected chi connectivity index (χ3v) is 4.71. The number of aromatic nitrogens is 1. The zero-order chi connectivity index (χ0) is 20.3. The highest BCUT2D eigenvalue weighted by atomic mass is 16.5. The van der Waals surface area contributed by atoms with E-state index in [1.165, 1.54) is 0 Å². The van der Waals surface area contributed by atoms with Crippen molar-refractivity contribution in [1.82, 2.24) is 15.2 Å². The van der Waals surface area contributed by atoms with Gasteiger partial charge in [-0.1, -0.05) is 0 Å². The summed E-state index contributed by atoms with van der Waals surface area (Å²) < 4.78 is 5.29. The summed E-state index contributed by atoms with van der Waals surface area (Å²) in [5.41, 5.74) is 2.02. The van der Waals surface area contributed by atoms with Crippen LogP contribution >= 0.6 is 0 Å². The lowest BCUT2D eigenvalue weighted by Crippen LogP contribution is -2.46. The van der Waals surface area contributed by atoms with E-state index in [4.69, 9.17) is 4.74 Å². The molecule has 27 heavy (non-hydrogen) atoms. The molecule has 2 rings (SSSR count). The quantitative estimate of drug-likeness (QED) is 0.772. The number of aryl methyl sites for hydroxylation is 1. The van der Waals surface area contributed by atoms with Gasteiger partial charge >= 0.3 is 5.97 Å². The Morgan fingerprint density at radius 1 is 1.19 bits per heavy atom. The van der Waals surface area contributed by atoms with Crippen LogP contribution in [0.15, 0.2) is 0 Å². The van der Waals surface area contributed by atoms with Gasteiger partial charge in [0.05, 0.1) is 17.6 Å². The van der Waals surface area contributed by atoms with E-state index in [1.807, 2.05) is 13.8 Å². The number of piperidine rings is 1. The first-order valence-corrected chi connectivity index (χ1v) is 9.61. The number of carbonyl (C=O) groups is 3. The maximum Gasteiger partial charge on any atom is 0.340 e. The number of ether oxygens (including phenoxy) is 1. The van der Waals surface area contributed by atoms with Crippen LogP contribution in [-0.2, 0) is 9.53 Å². The zero-order valence-corrected chi connectivity index (χ0v) is 17.1. The fourth-order valence-electron chi connectivity index (χ4n) is 3.48. The second-order valence-corrected chi connectivity index (χ2v) is 7.83. The minimum Gasteiger partial charge on any atom is -0.459 e. The maximum absolute atomic E-state index is 13.0. The molecule has 0 saturated carbocycles. The van der Waals surface area contributed by atoms with E-state index < -0.39 is 5.97 Å². The van der Waals surface area contributed by atoms with E-state index in [2.05, 4.69) is 10.3 Å². The van der Waals surface area contributed by atoms with E-state index >= 15 is 0 Å². The summed E-state index contributed by atoms with van der Waals surface area (Å²) in [7, 11) is 0. The van der Waals surface area contributed by atoms with Crippen molar-refractivity contribution in [2.24, 2.45) is 5.92 Å². The Morgan fingerprint density at radius 2 is 1.85 bits per heavy atom. The summed E-state index contributed by atoms with van der Waals surface area (Å²) in [6.07, 6.45) is 1.33. The minimum atomic E-state index is -0.428. The van der Waals surface area contributed by atoms with Gasteiger partial charge in [-0.05, 0) is 59.9 Å². The first-order chi connectivity index (χ1) is 12.6. The second-order valence-electron chi connectivity index (χ2n) is 7.83. The summed E-state index contributed by atoms with van der Waals surface area (Å²) in [5, 5.41) is 2.92. The number of likely N-dealkylation sites (tertiary alicyclic amines) is 1. The van der Waals surface area contributed by atoms with Crippen LogP contribution in [0.1, 0.15) is 72.6 Å². The average molecular weight is 377 g/mol. The number of esters is 1. The number of amides is 2. The van der Waals surface area contributed by atoms with Crippen LogP contribution < -0.4 is 5.32 Å². The molecule has 1 saturated heterocycles. The van der Waals surface area contributed by atoms with Gasteiger partial charge in [-0.3, -0.25) is 9.59 Å². The molecular weight excluding hydrogens is 346 g/mol. The van der Waals surface area contributed by atoms with E-state index in [9.17, 15) is 14.4 Å². The lowest BCUT2D eigenvalue weighted by Gasteiger charge is -2.32. The predicted molar refractivity (Wildman–Crippen MR) is 103 cm³/mol. The molecule has 1 aliphatic heterocycles. The number of aromatic amines is 1. The zero-order valence-electron chi connectivity index (χ0n) is 17.1. The summed E-state index contributed by atoms with van der Waals surface area (Å²) in [6, 6.07) is 0.0754. The normalized spacial score (nSPS) is 17.3. The first kappa shape index (κ1) is 21.0. The molecular formula is C20H31N3O4.